The van der Waals surface area contributed by atoms with Crippen LogP contribution in [0.3, 0.4) is 0 Å². The number of pyridine rings is 18. The predicted octanol–water partition coefficient (Wildman–Crippen LogP) is 29.2. The van der Waals surface area contributed by atoms with E-state index in [1.165, 1.54) is 0 Å². The number of halogens is 6. The van der Waals surface area contributed by atoms with Crippen LogP contribution in [-0.4, -0.2) is 89.7 Å². The molecule has 0 N–H and O–H groups in total. The van der Waals surface area contributed by atoms with Crippen molar-refractivity contribution in [3.63, 3.8) is 0 Å². The Labute approximate surface area is 865 Å². The van der Waals surface area contributed by atoms with E-state index < -0.39 is 26.0 Å². The molecule has 28 heteroatoms. The summed E-state index contributed by atoms with van der Waals surface area (Å²) in [6, 6.07) is 115. The summed E-state index contributed by atoms with van der Waals surface area (Å²) in [6.45, 7) is 6.36. The van der Waals surface area contributed by atoms with E-state index >= 15 is 0 Å². The fourth-order valence-electron chi connectivity index (χ4n) is 15.3. The summed E-state index contributed by atoms with van der Waals surface area (Å²) in [5.41, 5.74) is 35.8. The first-order valence-electron chi connectivity index (χ1n) is 42.9. The van der Waals surface area contributed by atoms with E-state index in [1.807, 2.05) is 267 Å². The molecule has 139 heavy (non-hydrogen) atoms. The molecule has 0 aliphatic heterocycles. The minimum Gasteiger partial charge on any atom is 0 e. The molecule has 0 fully saturated rings. The minimum atomic E-state index is -1.75. The smallest absolute Gasteiger partial charge is 0 e. The summed E-state index contributed by atoms with van der Waals surface area (Å²) in [6.07, 6.45) is 21.6. The van der Waals surface area contributed by atoms with Gasteiger partial charge in [0.15, 0.2) is 0 Å². The van der Waals surface area contributed by atoms with Crippen LogP contribution in [0.15, 0.2) is 420 Å². The molecular weight excluding hydrogens is 2200 g/mol. The van der Waals surface area contributed by atoms with Crippen LogP contribution < -0.4 is 0 Å². The Morgan fingerprint density at radius 1 is 0.137 bits per heavy atom. The Bertz CT molecular complexity index is 7120. The molecule has 0 atom stereocenters. The quantitative estimate of drug-likeness (QED) is 0.0727. The number of hydrogen-bond acceptors (Lipinski definition) is 18. The van der Waals surface area contributed by atoms with Gasteiger partial charge in [-0.25, -0.2) is 29.9 Å². The van der Waals surface area contributed by atoms with Crippen LogP contribution in [0.5, 0.6) is 0 Å². The number of hydrogen-bond donors (Lipinski definition) is 0. The summed E-state index contributed by atoms with van der Waals surface area (Å²) in [5.74, 6) is 0. The number of benzene rings is 3. The van der Waals surface area contributed by atoms with Crippen molar-refractivity contribution >= 4 is 58.1 Å². The number of aryl methyl sites for hydroxylation is 3. The molecule has 0 amide bonds. The first-order chi connectivity index (χ1) is 67.0. The summed E-state index contributed by atoms with van der Waals surface area (Å²) < 4.78 is 0. The van der Waals surface area contributed by atoms with Crippen LogP contribution >= 0.6 is 58.1 Å². The second-order valence-electron chi connectivity index (χ2n) is 30.9. The van der Waals surface area contributed by atoms with Gasteiger partial charge in [0.1, 0.15) is 0 Å². The van der Waals surface area contributed by atoms with Crippen molar-refractivity contribution in [2.45, 2.75) is 20.8 Å². The Hall–Kier alpha value is -13.4. The van der Waals surface area contributed by atoms with Crippen LogP contribution in [0, 0.1) is 20.8 Å². The average Bonchev–Trinajstić information content (AvgIpc) is 0.794. The third kappa shape index (κ3) is 27.2. The number of aromatic nitrogens is 18. The zero-order valence-electron chi connectivity index (χ0n) is 74.1. The zero-order valence-corrected chi connectivity index (χ0v) is 85.6. The fourth-order valence-corrected chi connectivity index (χ4v) is 15.3. The normalized spacial score (nSPS) is 10.8. The van der Waals surface area contributed by atoms with Gasteiger partial charge in [-0.1, -0.05) is 109 Å². The molecule has 0 spiro atoms. The molecular formula is C111H78Cl6N18Ru4. The van der Waals surface area contributed by atoms with Crippen molar-refractivity contribution in [1.82, 2.24) is 89.7 Å². The fraction of sp³-hybridized carbons (Fsp3) is 0.0270. The number of rotatable bonds is 18. The molecule has 0 saturated heterocycles. The Morgan fingerprint density at radius 3 is 0.453 bits per heavy atom. The van der Waals surface area contributed by atoms with Crippen LogP contribution in [0.25, 0.3) is 203 Å². The van der Waals surface area contributed by atoms with Gasteiger partial charge in [-0.05, 0) is 341 Å². The molecule has 21 aromatic rings. The Morgan fingerprint density at radius 2 is 0.273 bits per heavy atom. The van der Waals surface area contributed by atoms with Gasteiger partial charge in [-0.2, -0.15) is 0 Å². The zero-order chi connectivity index (χ0) is 94.2. The molecule has 0 bridgehead atoms. The third-order valence-electron chi connectivity index (χ3n) is 21.4. The standard InChI is InChI=1S/3C37H26N6.6ClH.4Ru/c2*1-25-19-27(26-14-18-41-35(22-26)34-13-8-12-33(42-34)30-9-2-5-15-38-30)21-28(20-25)29-23-36(31-10-3-6-16-39-31)43-37(24-29)32-11-4-7-17-40-32;1-25-20-28(26-14-18-40-36(23-26)34-12-6-10-32(42-34)30-8-2-4-16-38-30)22-29(21-25)27-15-19-41-37(24-27)35-13-7-11-33(43-35)31-9-3-5-17-39-31;;;;;;;;;;/h3*2-24H,1H3;6*1H;;;;/q;;;;;;;;;;;2*+3/p-6. The maximum atomic E-state index is 4.95. The van der Waals surface area contributed by atoms with Crippen LogP contribution in [0.4, 0.5) is 0 Å². The molecule has 18 aromatic heterocycles. The monoisotopic (exact) mass is 2280 g/mol. The van der Waals surface area contributed by atoms with Gasteiger partial charge in [0.05, 0.1) is 137 Å². The van der Waals surface area contributed by atoms with Gasteiger partial charge < -0.3 is 0 Å². The van der Waals surface area contributed by atoms with Gasteiger partial charge in [0.2, 0.25) is 0 Å². The van der Waals surface area contributed by atoms with E-state index in [0.717, 1.165) is 220 Å². The second kappa shape index (κ2) is 49.2. The minimum absolute atomic E-state index is 0. The van der Waals surface area contributed by atoms with Crippen LogP contribution in [-0.2, 0) is 64.9 Å². The molecule has 0 unspecified atom stereocenters. The molecule has 18 heterocycles. The van der Waals surface area contributed by atoms with Gasteiger partial charge in [-0.3, -0.25) is 59.8 Å². The molecule has 0 radical (unpaired) electrons. The Kier molecular flexibility index (Phi) is 35.4. The topological polar surface area (TPSA) is 232 Å². The summed E-state index contributed by atoms with van der Waals surface area (Å²) >= 11 is -3.51. The molecule has 0 saturated carbocycles. The summed E-state index contributed by atoms with van der Waals surface area (Å²) in [7, 11) is 29.7. The number of nitrogens with zero attached hydrogens (tertiary/aromatic N) is 18. The maximum Gasteiger partial charge on any atom is 0 e. The van der Waals surface area contributed by atoms with Crippen molar-refractivity contribution in [1.29, 1.82) is 0 Å². The predicted molar refractivity (Wildman–Crippen MR) is 547 cm³/mol. The average molecular weight is 2280 g/mol. The van der Waals surface area contributed by atoms with Gasteiger partial charge in [0.25, 0.3) is 0 Å². The van der Waals surface area contributed by atoms with Crippen molar-refractivity contribution in [2.24, 2.45) is 0 Å². The Balaban J connectivity index is 0.000000151. The first kappa shape index (κ1) is 100. The van der Waals surface area contributed by atoms with Gasteiger partial charge >= 0.3 is 84.1 Å². The third-order valence-corrected chi connectivity index (χ3v) is 21.4. The van der Waals surface area contributed by atoms with E-state index in [-0.39, 0.29) is 39.0 Å². The van der Waals surface area contributed by atoms with E-state index in [0.29, 0.717) is 0 Å². The van der Waals surface area contributed by atoms with Crippen molar-refractivity contribution < 1.29 is 64.9 Å². The molecule has 18 nitrogen and oxygen atoms in total. The van der Waals surface area contributed by atoms with Crippen molar-refractivity contribution in [3.05, 3.63) is 437 Å². The van der Waals surface area contributed by atoms with E-state index in [4.69, 9.17) is 88.1 Å². The van der Waals surface area contributed by atoms with E-state index in [1.54, 1.807) is 49.6 Å². The van der Waals surface area contributed by atoms with Crippen molar-refractivity contribution in [3.8, 4) is 203 Å². The van der Waals surface area contributed by atoms with Gasteiger partial charge in [0, 0.05) is 113 Å². The van der Waals surface area contributed by atoms with Crippen LogP contribution in [0.1, 0.15) is 16.7 Å². The molecule has 0 aliphatic carbocycles. The van der Waals surface area contributed by atoms with Crippen LogP contribution in [0.2, 0.25) is 0 Å². The SMILES string of the molecule is Cc1cc(-c2ccnc(-c3cccc(-c4ccccn4)n3)c2)cc(-c2cc(-c3ccccn3)nc(-c3ccccn3)c2)c1.Cc1cc(-c2ccnc(-c3cccc(-c4ccccn4)n3)c2)cc(-c2cc(-c3ccccn3)nc(-c3ccccn3)c2)c1.Cc1cc(-c2ccnc(-c3cccc(-c4ccccn4)n3)c2)cc(-c2ccnc(-c3cccc(-c4ccccn4)n3)c2)c1.[Cl][Ru]([Cl])[Cl].[Cl][Ru]([Cl])[Cl].[Ru].[Ru]. The van der Waals surface area contributed by atoms with Gasteiger partial charge in [-0.15, -0.1) is 0 Å². The largest absolute Gasteiger partial charge is 0 e. The maximum absolute atomic E-state index is 4.95. The molecule has 686 valence electrons. The van der Waals surface area contributed by atoms with E-state index in [9.17, 15) is 0 Å². The second-order valence-corrected chi connectivity index (χ2v) is 46.7. The molecule has 3 aromatic carbocycles. The summed E-state index contributed by atoms with van der Waals surface area (Å²) in [5, 5.41) is 0. The summed E-state index contributed by atoms with van der Waals surface area (Å²) in [4.78, 5) is 84.0. The molecule has 21 rings (SSSR count). The van der Waals surface area contributed by atoms with Crippen molar-refractivity contribution in [2.75, 3.05) is 0 Å². The molecule has 0 aliphatic rings. The first-order valence-corrected chi connectivity index (χ1v) is 56.3. The van der Waals surface area contributed by atoms with E-state index in [2.05, 4.69) is 184 Å².